The maximum atomic E-state index is 15.2. The molecule has 12 nitrogen and oxygen atoms in total. The van der Waals surface area contributed by atoms with Crippen LogP contribution in [-0.2, 0) is 24.6 Å². The van der Waals surface area contributed by atoms with E-state index in [1.807, 2.05) is 6.08 Å². The molecule has 2 saturated heterocycles. The van der Waals surface area contributed by atoms with Gasteiger partial charge in [-0.3, -0.25) is 24.6 Å². The number of allylic oxidation sites excluding steroid dienone is 2. The van der Waals surface area contributed by atoms with Gasteiger partial charge < -0.3 is 20.1 Å². The minimum Gasteiger partial charge on any atom is -0.507 e. The number of nitrogens with zero attached hydrogens (tertiary/aromatic N) is 2. The number of halogens is 2. The highest BCUT2D eigenvalue weighted by atomic mass is 35.5. The molecule has 14 heteroatoms. The van der Waals surface area contributed by atoms with Crippen LogP contribution in [0.4, 0.5) is 15.8 Å². The van der Waals surface area contributed by atoms with Crippen LogP contribution in [-0.4, -0.2) is 63.1 Å². The highest BCUT2D eigenvalue weighted by Gasteiger charge is 2.70. The molecular formula is C41H33ClFN3O9. The van der Waals surface area contributed by atoms with Gasteiger partial charge in [0.25, 0.3) is 11.8 Å². The third kappa shape index (κ3) is 5.64. The van der Waals surface area contributed by atoms with Gasteiger partial charge in [0.15, 0.2) is 0 Å². The summed E-state index contributed by atoms with van der Waals surface area (Å²) in [6.07, 6.45) is 2.02. The Balaban J connectivity index is 1.29. The molecule has 0 bridgehead atoms. The fraction of sp³-hybridized carbons (Fsp3) is 0.244. The molecule has 4 aliphatic rings. The van der Waals surface area contributed by atoms with Crippen LogP contribution >= 0.6 is 11.6 Å². The number of carboxylic acids is 1. The number of carboxylic acid groups (broad SMARTS) is 1. The quantitative estimate of drug-likeness (QED) is 0.127. The Labute approximate surface area is 318 Å². The molecule has 0 spiro atoms. The minimum atomic E-state index is -1.58. The van der Waals surface area contributed by atoms with E-state index in [1.165, 1.54) is 30.3 Å². The monoisotopic (exact) mass is 765 g/mol. The van der Waals surface area contributed by atoms with Crippen molar-refractivity contribution < 1.29 is 48.4 Å². The summed E-state index contributed by atoms with van der Waals surface area (Å²) in [4.78, 5) is 71.1. The minimum absolute atomic E-state index is 0.00601. The third-order valence-electron chi connectivity index (χ3n) is 11.3. The number of hydrogen-bond donors (Lipinski definition) is 4. The summed E-state index contributed by atoms with van der Waals surface area (Å²) in [5.74, 6) is -8.71. The van der Waals surface area contributed by atoms with Crippen LogP contribution in [0.15, 0.2) is 103 Å². The smallest absolute Gasteiger partial charge is 0.339 e. The standard InChI is InChI=1S/C41H33ClFN3O9/c42-23-5-3-22(4-6-23)41-32(37(50)46(40(41)54)44-25-9-7-24(43)8-10-25)20-31-28(35(41)21-1-12-27(13-2-21)55-18-17-47)15-16-30-34(31)38(51)45(36(30)49)26-11-14-29(39(52)53)33(48)19-26/h1-15,19,30-32,34-35,44,47-48H,16-18,20H2,(H,52,53)/t30-,31+,32-,34-,35-,41+/m0/s1. The van der Waals surface area contributed by atoms with E-state index in [-0.39, 0.29) is 37.4 Å². The molecule has 55 heavy (non-hydrogen) atoms. The van der Waals surface area contributed by atoms with Crippen molar-refractivity contribution in [2.24, 2.45) is 23.7 Å². The summed E-state index contributed by atoms with van der Waals surface area (Å²) < 4.78 is 19.5. The predicted molar refractivity (Wildman–Crippen MR) is 196 cm³/mol. The van der Waals surface area contributed by atoms with Gasteiger partial charge in [0.2, 0.25) is 11.8 Å². The molecule has 2 aliphatic heterocycles. The molecule has 0 radical (unpaired) electrons. The van der Waals surface area contributed by atoms with E-state index < -0.39 is 81.7 Å². The zero-order chi connectivity index (χ0) is 38.8. The lowest BCUT2D eigenvalue weighted by Crippen LogP contribution is -2.53. The van der Waals surface area contributed by atoms with Crippen LogP contribution in [0.5, 0.6) is 11.5 Å². The highest BCUT2D eigenvalue weighted by molar-refractivity contribution is 6.30. The van der Waals surface area contributed by atoms with Crippen LogP contribution in [0.25, 0.3) is 0 Å². The molecule has 4 aromatic rings. The predicted octanol–water partition coefficient (Wildman–Crippen LogP) is 5.44. The highest BCUT2D eigenvalue weighted by Crippen LogP contribution is 2.64. The van der Waals surface area contributed by atoms with Gasteiger partial charge in [-0.2, -0.15) is 5.01 Å². The maximum Gasteiger partial charge on any atom is 0.339 e. The lowest BCUT2D eigenvalue weighted by atomic mass is 9.49. The lowest BCUT2D eigenvalue weighted by Gasteiger charge is -2.50. The van der Waals surface area contributed by atoms with Crippen LogP contribution in [0.1, 0.15) is 40.2 Å². The molecule has 1 saturated carbocycles. The normalized spacial score (nSPS) is 25.7. The third-order valence-corrected chi connectivity index (χ3v) is 11.6. The number of carbonyl (C=O) groups is 5. The van der Waals surface area contributed by atoms with E-state index >= 15 is 4.79 Å². The number of amides is 4. The average Bonchev–Trinajstić information content (AvgIpc) is 3.55. The number of fused-ring (bicyclic) bond motifs is 4. The van der Waals surface area contributed by atoms with Gasteiger partial charge in [0.05, 0.1) is 41.2 Å². The number of aliphatic hydroxyl groups is 1. The van der Waals surface area contributed by atoms with E-state index in [0.717, 1.165) is 22.0 Å². The first kappa shape index (κ1) is 36.0. The first-order chi connectivity index (χ1) is 26.4. The van der Waals surface area contributed by atoms with Gasteiger partial charge in [-0.1, -0.05) is 47.5 Å². The Morgan fingerprint density at radius 2 is 1.62 bits per heavy atom. The number of anilines is 2. The van der Waals surface area contributed by atoms with Crippen molar-refractivity contribution in [3.05, 3.63) is 130 Å². The van der Waals surface area contributed by atoms with Crippen LogP contribution in [0.3, 0.4) is 0 Å². The molecule has 0 unspecified atom stereocenters. The maximum absolute atomic E-state index is 15.2. The first-order valence-electron chi connectivity index (χ1n) is 17.6. The number of nitrogens with one attached hydrogen (secondary N) is 1. The van der Waals surface area contributed by atoms with Crippen molar-refractivity contribution in [1.29, 1.82) is 0 Å². The Bertz CT molecular complexity index is 2280. The SMILES string of the molecule is O=C(O)c1ccc(N2C(=O)[C@H]3[C@H](CC=C4[C@H]3C[C@H]3C(=O)N(Nc5ccc(F)cc5)C(=O)[C@@]3(c3ccc(Cl)cc3)[C@H]4c3ccc(OCCO)cc3)C2=O)cc1O. The molecule has 8 rings (SSSR count). The van der Waals surface area contributed by atoms with E-state index in [4.69, 9.17) is 16.3 Å². The van der Waals surface area contributed by atoms with Crippen molar-refractivity contribution >= 4 is 52.6 Å². The van der Waals surface area contributed by atoms with Gasteiger partial charge in [0, 0.05) is 17.0 Å². The number of rotatable bonds is 9. The number of hydrazine groups is 1. The first-order valence-corrected chi connectivity index (χ1v) is 18.0. The molecule has 2 aliphatic carbocycles. The Morgan fingerprint density at radius 3 is 2.27 bits per heavy atom. The summed E-state index contributed by atoms with van der Waals surface area (Å²) in [6.45, 7) is -0.153. The fourth-order valence-electron chi connectivity index (χ4n) is 9.04. The van der Waals surface area contributed by atoms with E-state index in [1.54, 1.807) is 48.5 Å². The molecule has 4 N–H and O–H groups in total. The average molecular weight is 766 g/mol. The van der Waals surface area contributed by atoms with Crippen molar-refractivity contribution in [3.63, 3.8) is 0 Å². The van der Waals surface area contributed by atoms with Gasteiger partial charge in [-0.05, 0) is 90.6 Å². The Morgan fingerprint density at radius 1 is 0.909 bits per heavy atom. The molecule has 0 aromatic heterocycles. The van der Waals surface area contributed by atoms with E-state index in [2.05, 4.69) is 5.43 Å². The fourth-order valence-corrected chi connectivity index (χ4v) is 9.17. The molecule has 3 fully saturated rings. The summed E-state index contributed by atoms with van der Waals surface area (Å²) in [6, 6.07) is 22.3. The van der Waals surface area contributed by atoms with Gasteiger partial charge >= 0.3 is 5.97 Å². The molecule has 280 valence electrons. The zero-order valence-corrected chi connectivity index (χ0v) is 29.7. The number of phenols is 1. The van der Waals surface area contributed by atoms with Crippen LogP contribution in [0.2, 0.25) is 5.02 Å². The number of imide groups is 2. The number of aliphatic hydroxyl groups excluding tert-OH is 1. The van der Waals surface area contributed by atoms with Crippen molar-refractivity contribution in [2.75, 3.05) is 23.5 Å². The molecular weight excluding hydrogens is 733 g/mol. The Hall–Kier alpha value is -6.05. The van der Waals surface area contributed by atoms with E-state index in [0.29, 0.717) is 27.5 Å². The van der Waals surface area contributed by atoms with Crippen molar-refractivity contribution in [3.8, 4) is 11.5 Å². The number of aromatic hydroxyl groups is 1. The lowest BCUT2D eigenvalue weighted by molar-refractivity contribution is -0.138. The zero-order valence-electron chi connectivity index (χ0n) is 28.9. The molecule has 4 amide bonds. The Kier molecular flexibility index (Phi) is 8.93. The van der Waals surface area contributed by atoms with Crippen LogP contribution < -0.4 is 15.1 Å². The summed E-state index contributed by atoms with van der Waals surface area (Å²) >= 11 is 6.35. The number of ether oxygens (including phenoxy) is 1. The van der Waals surface area contributed by atoms with Crippen LogP contribution in [0, 0.1) is 29.5 Å². The molecule has 4 aromatic carbocycles. The largest absolute Gasteiger partial charge is 0.507 e. The summed E-state index contributed by atoms with van der Waals surface area (Å²) in [7, 11) is 0. The topological polar surface area (TPSA) is 174 Å². The van der Waals surface area contributed by atoms with Gasteiger partial charge in [-0.15, -0.1) is 0 Å². The molecule has 6 atom stereocenters. The van der Waals surface area contributed by atoms with Gasteiger partial charge in [0.1, 0.15) is 29.5 Å². The number of hydrogen-bond acceptors (Lipinski definition) is 9. The van der Waals surface area contributed by atoms with Crippen molar-refractivity contribution in [2.45, 2.75) is 24.2 Å². The number of carbonyl (C=O) groups excluding carboxylic acids is 4. The second-order valence-electron chi connectivity index (χ2n) is 14.0. The summed E-state index contributed by atoms with van der Waals surface area (Å²) in [5, 5.41) is 30.6. The van der Waals surface area contributed by atoms with Crippen molar-refractivity contribution in [1.82, 2.24) is 5.01 Å². The molecule has 2 heterocycles. The second-order valence-corrected chi connectivity index (χ2v) is 14.5. The van der Waals surface area contributed by atoms with Gasteiger partial charge in [-0.25, -0.2) is 14.1 Å². The number of benzene rings is 4. The van der Waals surface area contributed by atoms with E-state index in [9.17, 15) is 38.9 Å². The second kappa shape index (κ2) is 13.7. The number of aromatic carboxylic acids is 1. The summed E-state index contributed by atoms with van der Waals surface area (Å²) in [5.41, 5.74) is 3.04.